The highest BCUT2D eigenvalue weighted by atomic mass is 16.1. The molecule has 2 aromatic heterocycles. The molecule has 4 rings (SSSR count). The van der Waals surface area contributed by atoms with E-state index in [-0.39, 0.29) is 17.5 Å². The Kier molecular flexibility index (Phi) is 4.66. The van der Waals surface area contributed by atoms with E-state index >= 15 is 0 Å². The lowest BCUT2D eigenvalue weighted by molar-refractivity contribution is 0.0949. The molecule has 1 amide bonds. The minimum atomic E-state index is -0.125. The molecule has 1 unspecified atom stereocenters. The smallest absolute Gasteiger partial charge is 0.266 e. The van der Waals surface area contributed by atoms with Crippen LogP contribution in [-0.2, 0) is 7.05 Å². The highest BCUT2D eigenvalue weighted by molar-refractivity contribution is 5.97. The number of aromatic nitrogens is 3. The second-order valence-electron chi connectivity index (χ2n) is 6.99. The average molecular weight is 365 g/mol. The molecular formula is C20H23N5O2. The van der Waals surface area contributed by atoms with Crippen LogP contribution in [0.15, 0.2) is 47.4 Å². The molecule has 0 saturated carbocycles. The van der Waals surface area contributed by atoms with Crippen LogP contribution in [0.25, 0.3) is 10.9 Å². The van der Waals surface area contributed by atoms with Gasteiger partial charge in [-0.15, -0.1) is 0 Å². The van der Waals surface area contributed by atoms with E-state index in [9.17, 15) is 9.59 Å². The molecule has 7 heteroatoms. The summed E-state index contributed by atoms with van der Waals surface area (Å²) in [6.07, 6.45) is 5.06. The number of aromatic amines is 1. The van der Waals surface area contributed by atoms with Crippen LogP contribution in [0.4, 0.5) is 5.82 Å². The molecule has 3 heterocycles. The number of carbonyl (C=O) groups excluding carboxylic acids is 1. The number of carbonyl (C=O) groups is 1. The number of hydrogen-bond acceptors (Lipinski definition) is 4. The maximum absolute atomic E-state index is 12.6. The molecule has 2 N–H and O–H groups in total. The summed E-state index contributed by atoms with van der Waals surface area (Å²) in [4.78, 5) is 29.5. The predicted molar refractivity (Wildman–Crippen MR) is 105 cm³/mol. The largest absolute Gasteiger partial charge is 0.361 e. The zero-order valence-corrected chi connectivity index (χ0v) is 15.3. The van der Waals surface area contributed by atoms with Crippen molar-refractivity contribution < 1.29 is 4.79 Å². The molecule has 1 saturated heterocycles. The topological polar surface area (TPSA) is 83.0 Å². The Labute approximate surface area is 157 Å². The van der Waals surface area contributed by atoms with Crippen LogP contribution in [-0.4, -0.2) is 39.8 Å². The summed E-state index contributed by atoms with van der Waals surface area (Å²) in [5.74, 6) is 0.703. The van der Waals surface area contributed by atoms with Crippen LogP contribution >= 0.6 is 0 Å². The Morgan fingerprint density at radius 3 is 3.00 bits per heavy atom. The Morgan fingerprint density at radius 2 is 2.15 bits per heavy atom. The van der Waals surface area contributed by atoms with Gasteiger partial charge in [-0.3, -0.25) is 9.59 Å². The van der Waals surface area contributed by atoms with Crippen molar-refractivity contribution in [3.8, 4) is 0 Å². The summed E-state index contributed by atoms with van der Waals surface area (Å²) in [6, 6.07) is 11.1. The Bertz CT molecular complexity index is 1020. The summed E-state index contributed by atoms with van der Waals surface area (Å²) in [5, 5.41) is 8.52. The van der Waals surface area contributed by atoms with Crippen LogP contribution in [0.3, 0.4) is 0 Å². The fourth-order valence-electron chi connectivity index (χ4n) is 3.66. The van der Waals surface area contributed by atoms with Crippen LogP contribution in [0.5, 0.6) is 0 Å². The van der Waals surface area contributed by atoms with E-state index in [1.54, 1.807) is 13.1 Å². The number of nitrogens with zero attached hydrogens (tertiary/aromatic N) is 3. The minimum Gasteiger partial charge on any atom is -0.361 e. The van der Waals surface area contributed by atoms with Crippen molar-refractivity contribution in [1.82, 2.24) is 20.1 Å². The van der Waals surface area contributed by atoms with Gasteiger partial charge in [-0.05, 0) is 48.9 Å². The van der Waals surface area contributed by atoms with Crippen molar-refractivity contribution >= 4 is 22.6 Å². The van der Waals surface area contributed by atoms with Gasteiger partial charge >= 0.3 is 0 Å². The maximum atomic E-state index is 12.6. The van der Waals surface area contributed by atoms with Gasteiger partial charge in [0, 0.05) is 49.5 Å². The number of nitrogens with one attached hydrogen (secondary N) is 2. The highest BCUT2D eigenvalue weighted by Crippen LogP contribution is 2.22. The van der Waals surface area contributed by atoms with Gasteiger partial charge in [0.05, 0.1) is 0 Å². The standard InChI is InChI=1S/C20H23N5O2/c1-24-19(26)8-7-18(23-24)25-11-3-2-4-16(25)13-22-20(27)15-6-5-14-9-10-21-17(14)12-15/h5-10,12,16,21H,2-4,11,13H2,1H3,(H,22,27). The zero-order valence-electron chi connectivity index (χ0n) is 15.3. The quantitative estimate of drug-likeness (QED) is 0.741. The lowest BCUT2D eigenvalue weighted by Crippen LogP contribution is -2.47. The number of amides is 1. The van der Waals surface area contributed by atoms with E-state index in [4.69, 9.17) is 0 Å². The number of rotatable bonds is 4. The first-order chi connectivity index (χ1) is 13.1. The SMILES string of the molecule is Cn1nc(N2CCCCC2CNC(=O)c2ccc3cc[nH]c3c2)ccc1=O. The zero-order chi connectivity index (χ0) is 18.8. The van der Waals surface area contributed by atoms with Gasteiger partial charge in [0.15, 0.2) is 0 Å². The van der Waals surface area contributed by atoms with Gasteiger partial charge in [0.2, 0.25) is 0 Å². The van der Waals surface area contributed by atoms with Crippen molar-refractivity contribution in [1.29, 1.82) is 0 Å². The predicted octanol–water partition coefficient (Wildman–Crippen LogP) is 2.05. The number of H-pyrrole nitrogens is 1. The van der Waals surface area contributed by atoms with Crippen LogP contribution < -0.4 is 15.8 Å². The number of hydrogen-bond donors (Lipinski definition) is 2. The van der Waals surface area contributed by atoms with Crippen molar-refractivity contribution in [3.05, 3.63) is 58.5 Å². The second kappa shape index (κ2) is 7.26. The fraction of sp³-hybridized carbons (Fsp3) is 0.350. The minimum absolute atomic E-state index is 0.0783. The van der Waals surface area contributed by atoms with Gasteiger partial charge in [-0.1, -0.05) is 6.07 Å². The third-order valence-electron chi connectivity index (χ3n) is 5.18. The summed E-state index contributed by atoms with van der Waals surface area (Å²) in [5.41, 5.74) is 1.48. The molecule has 0 spiro atoms. The Balaban J connectivity index is 1.47. The van der Waals surface area contributed by atoms with Crippen LogP contribution in [0.2, 0.25) is 0 Å². The third kappa shape index (κ3) is 3.58. The van der Waals surface area contributed by atoms with Gasteiger partial charge in [-0.25, -0.2) is 4.68 Å². The Hall–Kier alpha value is -3.09. The van der Waals surface area contributed by atoms with E-state index in [1.165, 1.54) is 10.7 Å². The molecule has 1 fully saturated rings. The molecule has 3 aromatic rings. The van der Waals surface area contributed by atoms with Gasteiger partial charge < -0.3 is 15.2 Å². The lowest BCUT2D eigenvalue weighted by Gasteiger charge is -2.36. The normalized spacial score (nSPS) is 17.2. The number of aryl methyl sites for hydroxylation is 1. The monoisotopic (exact) mass is 365 g/mol. The van der Waals surface area contributed by atoms with E-state index in [2.05, 4.69) is 20.3 Å². The maximum Gasteiger partial charge on any atom is 0.266 e. The van der Waals surface area contributed by atoms with Crippen molar-refractivity contribution in [2.45, 2.75) is 25.3 Å². The van der Waals surface area contributed by atoms with E-state index in [1.807, 2.05) is 30.5 Å². The summed E-state index contributed by atoms with van der Waals surface area (Å²) < 4.78 is 1.35. The molecule has 1 aliphatic rings. The van der Waals surface area contributed by atoms with E-state index < -0.39 is 0 Å². The molecular weight excluding hydrogens is 342 g/mol. The van der Waals surface area contributed by atoms with Gasteiger partial charge in [0.25, 0.3) is 11.5 Å². The number of benzene rings is 1. The van der Waals surface area contributed by atoms with Crippen LogP contribution in [0.1, 0.15) is 29.6 Å². The summed E-state index contributed by atoms with van der Waals surface area (Å²) in [7, 11) is 1.66. The lowest BCUT2D eigenvalue weighted by atomic mass is 10.0. The molecule has 0 bridgehead atoms. The molecule has 1 atom stereocenters. The van der Waals surface area contributed by atoms with Gasteiger partial charge in [0.1, 0.15) is 5.82 Å². The summed E-state index contributed by atoms with van der Waals surface area (Å²) in [6.45, 7) is 1.42. The van der Waals surface area contributed by atoms with Gasteiger partial charge in [-0.2, -0.15) is 5.10 Å². The second-order valence-corrected chi connectivity index (χ2v) is 6.99. The first-order valence-electron chi connectivity index (χ1n) is 9.28. The molecule has 140 valence electrons. The molecule has 0 radical (unpaired) electrons. The first-order valence-corrected chi connectivity index (χ1v) is 9.28. The van der Waals surface area contributed by atoms with E-state index in [0.717, 1.165) is 42.5 Å². The van der Waals surface area contributed by atoms with E-state index in [0.29, 0.717) is 12.1 Å². The molecule has 27 heavy (non-hydrogen) atoms. The van der Waals surface area contributed by atoms with Crippen molar-refractivity contribution in [3.63, 3.8) is 0 Å². The summed E-state index contributed by atoms with van der Waals surface area (Å²) >= 11 is 0. The molecule has 0 aliphatic carbocycles. The number of piperidine rings is 1. The van der Waals surface area contributed by atoms with Crippen molar-refractivity contribution in [2.75, 3.05) is 18.0 Å². The number of fused-ring (bicyclic) bond motifs is 1. The van der Waals surface area contributed by atoms with Crippen molar-refractivity contribution in [2.24, 2.45) is 7.05 Å². The fourth-order valence-corrected chi connectivity index (χ4v) is 3.66. The molecule has 1 aromatic carbocycles. The third-order valence-corrected chi connectivity index (χ3v) is 5.18. The van der Waals surface area contributed by atoms with Crippen LogP contribution in [0, 0.1) is 0 Å². The first kappa shape index (κ1) is 17.3. The number of anilines is 1. The molecule has 7 nitrogen and oxygen atoms in total. The Morgan fingerprint density at radius 1 is 1.26 bits per heavy atom. The highest BCUT2D eigenvalue weighted by Gasteiger charge is 2.24. The molecule has 1 aliphatic heterocycles. The average Bonchev–Trinajstić information content (AvgIpc) is 3.16.